The normalized spacial score (nSPS) is 12.1. The molecular formula is C17H20ClNO2S. The summed E-state index contributed by atoms with van der Waals surface area (Å²) in [4.78, 5) is 11.9. The highest BCUT2D eigenvalue weighted by Gasteiger charge is 2.12. The number of amides is 1. The average molecular weight is 338 g/mol. The van der Waals surface area contributed by atoms with Crippen LogP contribution in [-0.2, 0) is 11.5 Å². The molecule has 2 rings (SSSR count). The van der Waals surface area contributed by atoms with E-state index in [2.05, 4.69) is 5.32 Å². The minimum absolute atomic E-state index is 0.150. The number of nitrogens with one attached hydrogen (secondary N) is 1. The molecule has 22 heavy (non-hydrogen) atoms. The second kappa shape index (κ2) is 8.30. The van der Waals surface area contributed by atoms with Gasteiger partial charge in [-0.3, -0.25) is 4.79 Å². The lowest BCUT2D eigenvalue weighted by atomic mass is 10.2. The smallest absolute Gasteiger partial charge is 0.287 e. The van der Waals surface area contributed by atoms with Crippen LogP contribution in [0.2, 0.25) is 5.02 Å². The Morgan fingerprint density at radius 2 is 1.95 bits per heavy atom. The summed E-state index contributed by atoms with van der Waals surface area (Å²) < 4.78 is 5.59. The zero-order valence-corrected chi connectivity index (χ0v) is 14.3. The number of benzene rings is 1. The fraction of sp³-hybridized carbons (Fsp3) is 0.353. The molecule has 0 aliphatic rings. The van der Waals surface area contributed by atoms with Crippen molar-refractivity contribution in [3.63, 3.8) is 0 Å². The van der Waals surface area contributed by atoms with Gasteiger partial charge >= 0.3 is 0 Å². The first-order valence-corrected chi connectivity index (χ1v) is 8.83. The summed E-state index contributed by atoms with van der Waals surface area (Å²) >= 11 is 7.60. The van der Waals surface area contributed by atoms with Crippen molar-refractivity contribution in [3.8, 4) is 0 Å². The van der Waals surface area contributed by atoms with E-state index in [0.29, 0.717) is 5.76 Å². The Kier molecular flexibility index (Phi) is 6.40. The quantitative estimate of drug-likeness (QED) is 0.781. The summed E-state index contributed by atoms with van der Waals surface area (Å²) in [5.41, 5.74) is 1.22. The van der Waals surface area contributed by atoms with Crippen molar-refractivity contribution in [1.82, 2.24) is 5.32 Å². The van der Waals surface area contributed by atoms with Gasteiger partial charge < -0.3 is 9.73 Å². The van der Waals surface area contributed by atoms with E-state index in [-0.39, 0.29) is 11.9 Å². The van der Waals surface area contributed by atoms with Gasteiger partial charge in [0, 0.05) is 16.8 Å². The molecule has 0 saturated heterocycles. The number of carbonyl (C=O) groups is 1. The molecule has 0 bridgehead atoms. The molecule has 5 heteroatoms. The Labute approximate surface area is 140 Å². The molecule has 0 radical (unpaired) electrons. The number of furan rings is 1. The molecule has 0 aliphatic heterocycles. The van der Waals surface area contributed by atoms with Crippen LogP contribution in [0.25, 0.3) is 0 Å². The molecular weight excluding hydrogens is 318 g/mol. The average Bonchev–Trinajstić information content (AvgIpc) is 2.98. The van der Waals surface area contributed by atoms with Crippen molar-refractivity contribution in [2.75, 3.05) is 0 Å². The predicted octanol–water partition coefficient (Wildman–Crippen LogP) is 4.89. The van der Waals surface area contributed by atoms with Gasteiger partial charge in [-0.15, -0.1) is 11.8 Å². The molecule has 0 unspecified atom stereocenters. The molecule has 1 N–H and O–H groups in total. The van der Waals surface area contributed by atoms with Crippen LogP contribution in [-0.4, -0.2) is 11.9 Å². The standard InChI is InChI=1S/C17H20ClNO2S/c1-3-12(2)19-17(20)16-9-8-15(21-16)11-22-10-13-4-6-14(18)7-5-13/h4-9,12H,3,10-11H2,1-2H3,(H,19,20)/t12-/m0/s1. The maximum Gasteiger partial charge on any atom is 0.287 e. The molecule has 1 heterocycles. The van der Waals surface area contributed by atoms with Crippen LogP contribution in [0.1, 0.15) is 42.1 Å². The van der Waals surface area contributed by atoms with Gasteiger partial charge in [-0.05, 0) is 43.2 Å². The van der Waals surface area contributed by atoms with Gasteiger partial charge in [0.15, 0.2) is 5.76 Å². The monoisotopic (exact) mass is 337 g/mol. The summed E-state index contributed by atoms with van der Waals surface area (Å²) in [5.74, 6) is 2.66. The summed E-state index contributed by atoms with van der Waals surface area (Å²) in [6.45, 7) is 4.01. The van der Waals surface area contributed by atoms with Gasteiger partial charge in [0.25, 0.3) is 5.91 Å². The molecule has 0 aliphatic carbocycles. The number of rotatable bonds is 7. The van der Waals surface area contributed by atoms with Crippen molar-refractivity contribution < 1.29 is 9.21 Å². The summed E-state index contributed by atoms with van der Waals surface area (Å²) in [7, 11) is 0. The molecule has 2 aromatic rings. The Morgan fingerprint density at radius 1 is 1.23 bits per heavy atom. The molecule has 1 atom stereocenters. The fourth-order valence-electron chi connectivity index (χ4n) is 1.82. The van der Waals surface area contributed by atoms with Crippen LogP contribution in [0.5, 0.6) is 0 Å². The Morgan fingerprint density at radius 3 is 2.64 bits per heavy atom. The first-order valence-electron chi connectivity index (χ1n) is 7.30. The number of hydrogen-bond acceptors (Lipinski definition) is 3. The second-order valence-electron chi connectivity index (χ2n) is 5.17. The third kappa shape index (κ3) is 5.11. The van der Waals surface area contributed by atoms with Crippen molar-refractivity contribution in [2.24, 2.45) is 0 Å². The van der Waals surface area contributed by atoms with E-state index in [1.54, 1.807) is 17.8 Å². The molecule has 1 amide bonds. The molecule has 1 aromatic heterocycles. The van der Waals surface area contributed by atoms with E-state index in [1.807, 2.05) is 44.2 Å². The highest BCUT2D eigenvalue weighted by Crippen LogP contribution is 2.20. The topological polar surface area (TPSA) is 42.2 Å². The summed E-state index contributed by atoms with van der Waals surface area (Å²) in [5, 5.41) is 3.64. The van der Waals surface area contributed by atoms with Crippen molar-refractivity contribution in [3.05, 3.63) is 58.5 Å². The maximum atomic E-state index is 11.9. The zero-order valence-electron chi connectivity index (χ0n) is 12.8. The number of thioether (sulfide) groups is 1. The van der Waals surface area contributed by atoms with Crippen molar-refractivity contribution >= 4 is 29.3 Å². The lowest BCUT2D eigenvalue weighted by Crippen LogP contribution is -2.31. The second-order valence-corrected chi connectivity index (χ2v) is 6.59. The van der Waals surface area contributed by atoms with Crippen molar-refractivity contribution in [2.45, 2.75) is 37.8 Å². The Balaban J connectivity index is 1.82. The van der Waals surface area contributed by atoms with Gasteiger partial charge in [-0.1, -0.05) is 30.7 Å². The van der Waals surface area contributed by atoms with Gasteiger partial charge in [-0.2, -0.15) is 0 Å². The fourth-order valence-corrected chi connectivity index (χ4v) is 2.84. The van der Waals surface area contributed by atoms with E-state index < -0.39 is 0 Å². The van der Waals surface area contributed by atoms with Crippen LogP contribution in [0.15, 0.2) is 40.8 Å². The van der Waals surface area contributed by atoms with E-state index >= 15 is 0 Å². The Bertz CT molecular complexity index is 609. The molecule has 0 saturated carbocycles. The third-order valence-corrected chi connectivity index (χ3v) is 4.58. The van der Waals surface area contributed by atoms with Gasteiger partial charge in [0.05, 0.1) is 5.75 Å². The lowest BCUT2D eigenvalue weighted by molar-refractivity contribution is 0.0910. The molecule has 3 nitrogen and oxygen atoms in total. The molecule has 118 valence electrons. The number of halogens is 1. The third-order valence-electron chi connectivity index (χ3n) is 3.30. The van der Waals surface area contributed by atoms with E-state index in [0.717, 1.165) is 28.7 Å². The number of carbonyl (C=O) groups excluding carboxylic acids is 1. The lowest BCUT2D eigenvalue weighted by Gasteiger charge is -2.09. The molecule has 0 spiro atoms. The van der Waals surface area contributed by atoms with Gasteiger partial charge in [0.2, 0.25) is 0 Å². The van der Waals surface area contributed by atoms with Gasteiger partial charge in [-0.25, -0.2) is 0 Å². The SMILES string of the molecule is CC[C@H](C)NC(=O)c1ccc(CSCc2ccc(Cl)cc2)o1. The van der Waals surface area contributed by atoms with Gasteiger partial charge in [0.1, 0.15) is 5.76 Å². The van der Waals surface area contributed by atoms with Crippen LogP contribution in [0.4, 0.5) is 0 Å². The van der Waals surface area contributed by atoms with Crippen molar-refractivity contribution in [1.29, 1.82) is 0 Å². The van der Waals surface area contributed by atoms with E-state index in [9.17, 15) is 4.79 Å². The predicted molar refractivity (Wildman–Crippen MR) is 92.4 cm³/mol. The summed E-state index contributed by atoms with van der Waals surface area (Å²) in [6, 6.07) is 11.6. The number of hydrogen-bond donors (Lipinski definition) is 1. The highest BCUT2D eigenvalue weighted by molar-refractivity contribution is 7.97. The largest absolute Gasteiger partial charge is 0.455 e. The Hall–Kier alpha value is -1.39. The highest BCUT2D eigenvalue weighted by atomic mass is 35.5. The first kappa shape index (κ1) is 17.0. The zero-order chi connectivity index (χ0) is 15.9. The van der Waals surface area contributed by atoms with Crippen LogP contribution >= 0.6 is 23.4 Å². The van der Waals surface area contributed by atoms with Crippen LogP contribution in [0, 0.1) is 0 Å². The minimum Gasteiger partial charge on any atom is -0.455 e. The molecule has 0 fully saturated rings. The minimum atomic E-state index is -0.150. The van der Waals surface area contributed by atoms with Crippen LogP contribution < -0.4 is 5.32 Å². The summed E-state index contributed by atoms with van der Waals surface area (Å²) in [6.07, 6.45) is 0.899. The maximum absolute atomic E-state index is 11.9. The molecule has 1 aromatic carbocycles. The van der Waals surface area contributed by atoms with E-state index in [1.165, 1.54) is 5.56 Å². The van der Waals surface area contributed by atoms with Crippen LogP contribution in [0.3, 0.4) is 0 Å². The first-order chi connectivity index (χ1) is 10.6. The van der Waals surface area contributed by atoms with E-state index in [4.69, 9.17) is 16.0 Å².